The Bertz CT molecular complexity index is 412. The monoisotopic (exact) mass is 269 g/mol. The van der Waals surface area contributed by atoms with Crippen LogP contribution in [0.3, 0.4) is 0 Å². The summed E-state index contributed by atoms with van der Waals surface area (Å²) in [5.74, 6) is 2.76. The molecule has 0 fully saturated rings. The largest absolute Gasteiger partial charge is 0.367 e. The van der Waals surface area contributed by atoms with Crippen LogP contribution in [0.1, 0.15) is 25.8 Å². The molecule has 0 aromatic carbocycles. The summed E-state index contributed by atoms with van der Waals surface area (Å²) in [7, 11) is 0. The van der Waals surface area contributed by atoms with E-state index in [-0.39, 0.29) is 16.7 Å². The van der Waals surface area contributed by atoms with Crippen LogP contribution in [0.15, 0.2) is 12.3 Å². The Morgan fingerprint density at radius 2 is 2.33 bits per heavy atom. The topological polar surface area (TPSA) is 68.1 Å². The van der Waals surface area contributed by atoms with Crippen LogP contribution < -0.4 is 5.32 Å². The molecule has 0 saturated heterocycles. The molecule has 1 aromatic heterocycles. The van der Waals surface area contributed by atoms with Gasteiger partial charge in [0.25, 0.3) is 5.69 Å². The van der Waals surface area contributed by atoms with Crippen molar-refractivity contribution in [2.45, 2.75) is 33.2 Å². The highest BCUT2D eigenvalue weighted by Crippen LogP contribution is 2.20. The van der Waals surface area contributed by atoms with E-state index in [0.717, 1.165) is 17.9 Å². The summed E-state index contributed by atoms with van der Waals surface area (Å²) in [5.41, 5.74) is 0.697. The van der Waals surface area contributed by atoms with Gasteiger partial charge in [-0.3, -0.25) is 10.1 Å². The van der Waals surface area contributed by atoms with E-state index in [0.29, 0.717) is 11.4 Å². The predicted molar refractivity (Wildman–Crippen MR) is 76.3 cm³/mol. The van der Waals surface area contributed by atoms with Crippen molar-refractivity contribution in [3.05, 3.63) is 27.9 Å². The number of anilines is 1. The molecule has 1 heterocycles. The van der Waals surface area contributed by atoms with Crippen molar-refractivity contribution in [1.29, 1.82) is 0 Å². The minimum atomic E-state index is -0.375. The second-order valence-electron chi connectivity index (χ2n) is 4.14. The number of thioether (sulfide) groups is 1. The zero-order chi connectivity index (χ0) is 13.5. The number of aromatic nitrogens is 1. The van der Waals surface area contributed by atoms with Crippen LogP contribution in [0.2, 0.25) is 0 Å². The van der Waals surface area contributed by atoms with Crippen LogP contribution in [-0.4, -0.2) is 27.5 Å². The van der Waals surface area contributed by atoms with Crippen LogP contribution in [0.4, 0.5) is 11.5 Å². The summed E-state index contributed by atoms with van der Waals surface area (Å²) in [6, 6.07) is 1.76. The molecule has 0 aliphatic rings. The third kappa shape index (κ3) is 4.52. The summed E-state index contributed by atoms with van der Waals surface area (Å²) in [5, 5.41) is 14.0. The van der Waals surface area contributed by atoms with Gasteiger partial charge in [0.1, 0.15) is 5.82 Å². The second kappa shape index (κ2) is 7.20. The SMILES string of the molecule is CCSCCC(C)Nc1cc([N+](=O)[O-])c(C)cn1. The summed E-state index contributed by atoms with van der Waals surface area (Å²) in [6.45, 7) is 5.88. The van der Waals surface area contributed by atoms with Gasteiger partial charge >= 0.3 is 0 Å². The Kier molecular flexibility index (Phi) is 5.91. The molecule has 1 atom stereocenters. The van der Waals surface area contributed by atoms with E-state index in [1.807, 2.05) is 11.8 Å². The summed E-state index contributed by atoms with van der Waals surface area (Å²) in [4.78, 5) is 14.6. The lowest BCUT2D eigenvalue weighted by atomic mass is 10.2. The zero-order valence-electron chi connectivity index (χ0n) is 11.0. The van der Waals surface area contributed by atoms with Gasteiger partial charge in [-0.05, 0) is 31.8 Å². The Labute approximate surface area is 112 Å². The Morgan fingerprint density at radius 1 is 1.61 bits per heavy atom. The lowest BCUT2D eigenvalue weighted by Gasteiger charge is -2.14. The third-order valence-electron chi connectivity index (χ3n) is 2.57. The Hall–Kier alpha value is -1.30. The highest BCUT2D eigenvalue weighted by molar-refractivity contribution is 7.99. The number of pyridine rings is 1. The third-order valence-corrected chi connectivity index (χ3v) is 3.50. The van der Waals surface area contributed by atoms with Gasteiger partial charge in [-0.25, -0.2) is 4.98 Å². The molecule has 0 radical (unpaired) electrons. The standard InChI is InChI=1S/C12H19N3O2S/c1-4-18-6-5-10(3)14-12-7-11(15(16)17)9(2)8-13-12/h7-8,10H,4-6H2,1-3H3,(H,13,14). The average molecular weight is 269 g/mol. The van der Waals surface area contributed by atoms with E-state index in [9.17, 15) is 10.1 Å². The van der Waals surface area contributed by atoms with E-state index in [4.69, 9.17) is 0 Å². The fraction of sp³-hybridized carbons (Fsp3) is 0.583. The van der Waals surface area contributed by atoms with Crippen LogP contribution in [-0.2, 0) is 0 Å². The average Bonchev–Trinajstić information content (AvgIpc) is 2.31. The number of nitro groups is 1. The van der Waals surface area contributed by atoms with Gasteiger partial charge in [0, 0.05) is 17.8 Å². The minimum absolute atomic E-state index is 0.114. The molecule has 1 aromatic rings. The molecular formula is C12H19N3O2S. The van der Waals surface area contributed by atoms with Crippen molar-refractivity contribution in [2.24, 2.45) is 0 Å². The maximum absolute atomic E-state index is 10.8. The summed E-state index contributed by atoms with van der Waals surface area (Å²) in [6.07, 6.45) is 2.55. The molecule has 1 rings (SSSR count). The first kappa shape index (κ1) is 14.8. The first-order chi connectivity index (χ1) is 8.54. The number of nitrogens with zero attached hydrogens (tertiary/aromatic N) is 2. The van der Waals surface area contributed by atoms with Gasteiger partial charge in [0.15, 0.2) is 0 Å². The van der Waals surface area contributed by atoms with Crippen LogP contribution >= 0.6 is 11.8 Å². The van der Waals surface area contributed by atoms with E-state index >= 15 is 0 Å². The van der Waals surface area contributed by atoms with E-state index in [1.54, 1.807) is 6.92 Å². The molecule has 5 nitrogen and oxygen atoms in total. The first-order valence-corrected chi connectivity index (χ1v) is 7.15. The van der Waals surface area contributed by atoms with Crippen LogP contribution in [0.25, 0.3) is 0 Å². The zero-order valence-corrected chi connectivity index (χ0v) is 11.8. The molecule has 0 aliphatic carbocycles. The summed E-state index contributed by atoms with van der Waals surface area (Å²) < 4.78 is 0. The number of aryl methyl sites for hydroxylation is 1. The highest BCUT2D eigenvalue weighted by Gasteiger charge is 2.13. The fourth-order valence-corrected chi connectivity index (χ4v) is 2.33. The Balaban J connectivity index is 2.62. The smallest absolute Gasteiger partial charge is 0.277 e. The highest BCUT2D eigenvalue weighted by atomic mass is 32.2. The fourth-order valence-electron chi connectivity index (χ4n) is 1.52. The molecule has 18 heavy (non-hydrogen) atoms. The van der Waals surface area contributed by atoms with Crippen molar-refractivity contribution < 1.29 is 4.92 Å². The first-order valence-electron chi connectivity index (χ1n) is 6.00. The second-order valence-corrected chi connectivity index (χ2v) is 5.54. The maximum atomic E-state index is 10.8. The van der Waals surface area contributed by atoms with Crippen molar-refractivity contribution in [3.63, 3.8) is 0 Å². The van der Waals surface area contributed by atoms with Gasteiger partial charge in [0.2, 0.25) is 0 Å². The number of nitrogens with one attached hydrogen (secondary N) is 1. The van der Waals surface area contributed by atoms with Gasteiger partial charge < -0.3 is 5.32 Å². The van der Waals surface area contributed by atoms with Gasteiger partial charge in [-0.2, -0.15) is 11.8 Å². The quantitative estimate of drug-likeness (QED) is 0.467. The number of rotatable bonds is 7. The van der Waals surface area contributed by atoms with Crippen molar-refractivity contribution in [2.75, 3.05) is 16.8 Å². The molecule has 0 aliphatic heterocycles. The number of hydrogen-bond donors (Lipinski definition) is 1. The van der Waals surface area contributed by atoms with Crippen molar-refractivity contribution in [3.8, 4) is 0 Å². The van der Waals surface area contributed by atoms with E-state index in [1.165, 1.54) is 12.3 Å². The molecule has 6 heteroatoms. The molecule has 0 saturated carbocycles. The number of hydrogen-bond acceptors (Lipinski definition) is 5. The lowest BCUT2D eigenvalue weighted by Crippen LogP contribution is -2.17. The molecule has 0 spiro atoms. The molecular weight excluding hydrogens is 250 g/mol. The molecule has 100 valence electrons. The Morgan fingerprint density at radius 3 is 2.94 bits per heavy atom. The summed E-state index contributed by atoms with van der Waals surface area (Å²) >= 11 is 1.89. The van der Waals surface area contributed by atoms with Crippen molar-refractivity contribution >= 4 is 23.3 Å². The molecule has 0 bridgehead atoms. The van der Waals surface area contributed by atoms with E-state index in [2.05, 4.69) is 24.1 Å². The van der Waals surface area contributed by atoms with Gasteiger partial charge in [0.05, 0.1) is 11.0 Å². The molecule has 0 amide bonds. The molecule has 1 N–H and O–H groups in total. The van der Waals surface area contributed by atoms with Crippen molar-refractivity contribution in [1.82, 2.24) is 4.98 Å². The maximum Gasteiger partial charge on any atom is 0.277 e. The van der Waals surface area contributed by atoms with Crippen LogP contribution in [0.5, 0.6) is 0 Å². The predicted octanol–water partition coefficient (Wildman–Crippen LogP) is 3.24. The van der Waals surface area contributed by atoms with Gasteiger partial charge in [-0.1, -0.05) is 6.92 Å². The minimum Gasteiger partial charge on any atom is -0.367 e. The molecule has 1 unspecified atom stereocenters. The normalized spacial score (nSPS) is 12.2. The van der Waals surface area contributed by atoms with Crippen LogP contribution in [0, 0.1) is 17.0 Å². The van der Waals surface area contributed by atoms with E-state index < -0.39 is 0 Å². The lowest BCUT2D eigenvalue weighted by molar-refractivity contribution is -0.385. The van der Waals surface area contributed by atoms with Gasteiger partial charge in [-0.15, -0.1) is 0 Å².